The molecule has 0 bridgehead atoms. The van der Waals surface area contributed by atoms with E-state index < -0.39 is 17.3 Å². The van der Waals surface area contributed by atoms with Crippen LogP contribution in [0.15, 0.2) is 0 Å². The second-order valence-electron chi connectivity index (χ2n) is 9.42. The average molecular weight is 590 g/mol. The highest BCUT2D eigenvalue weighted by molar-refractivity contribution is 7.99. The molecule has 0 aromatic rings. The summed E-state index contributed by atoms with van der Waals surface area (Å²) in [6.07, 6.45) is 4.26. The van der Waals surface area contributed by atoms with Gasteiger partial charge in [-0.2, -0.15) is 12.6 Å². The van der Waals surface area contributed by atoms with Crippen molar-refractivity contribution in [3.05, 3.63) is 0 Å². The van der Waals surface area contributed by atoms with E-state index in [4.69, 9.17) is 0 Å². The first-order valence-electron chi connectivity index (χ1n) is 13.0. The van der Waals surface area contributed by atoms with Crippen LogP contribution in [0.2, 0.25) is 0 Å². The van der Waals surface area contributed by atoms with Crippen LogP contribution in [0.4, 0.5) is 0 Å². The van der Waals surface area contributed by atoms with Crippen LogP contribution < -0.4 is 21.3 Å². The molecule has 222 valence electrons. The zero-order valence-corrected chi connectivity index (χ0v) is 25.1. The summed E-state index contributed by atoms with van der Waals surface area (Å²) in [7, 11) is 0. The van der Waals surface area contributed by atoms with Crippen molar-refractivity contribution in [2.45, 2.75) is 96.5 Å². The van der Waals surface area contributed by atoms with E-state index in [1.807, 2.05) is 13.8 Å². The molecule has 0 aliphatic carbocycles. The molecule has 0 aromatic heterocycles. The van der Waals surface area contributed by atoms with Crippen LogP contribution in [-0.2, 0) is 33.6 Å². The zero-order chi connectivity index (χ0) is 30.0. The van der Waals surface area contributed by atoms with E-state index in [1.165, 1.54) is 0 Å². The molecular formula is C25H43N5O7S2. The second-order valence-corrected chi connectivity index (χ2v) is 11.1. The molecule has 1 aliphatic heterocycles. The predicted molar refractivity (Wildman–Crippen MR) is 153 cm³/mol. The summed E-state index contributed by atoms with van der Waals surface area (Å²) in [4.78, 5) is 79.7. The molecule has 1 saturated heterocycles. The number of carbonyl (C=O) groups is 7. The minimum atomic E-state index is -0.664. The van der Waals surface area contributed by atoms with Crippen molar-refractivity contribution in [3.63, 3.8) is 0 Å². The maximum Gasteiger partial charge on any atom is 0.242 e. The third-order valence-corrected chi connectivity index (χ3v) is 6.69. The number of likely N-dealkylation sites (tertiary alicyclic amines) is 1. The van der Waals surface area contributed by atoms with Crippen molar-refractivity contribution < 1.29 is 33.6 Å². The van der Waals surface area contributed by atoms with Crippen molar-refractivity contribution in [3.8, 4) is 0 Å². The van der Waals surface area contributed by atoms with Gasteiger partial charge in [0.2, 0.25) is 35.9 Å². The number of hydrogen-bond donors (Lipinski definition) is 5. The molecule has 3 unspecified atom stereocenters. The first-order valence-corrected chi connectivity index (χ1v) is 14.6. The smallest absolute Gasteiger partial charge is 0.242 e. The number of imide groups is 1. The fraction of sp³-hybridized carbons (Fsp3) is 0.720. The Balaban J connectivity index is 0.000000751. The minimum absolute atomic E-state index is 0.0102. The molecule has 0 radical (unpaired) electrons. The van der Waals surface area contributed by atoms with Crippen LogP contribution in [-0.4, -0.2) is 88.2 Å². The Labute approximate surface area is 240 Å². The molecule has 4 N–H and O–H groups in total. The number of hydrogen-bond acceptors (Lipinski definition) is 9. The summed E-state index contributed by atoms with van der Waals surface area (Å²) < 4.78 is 0. The normalized spacial score (nSPS) is 16.1. The first kappa shape index (κ1) is 36.4. The minimum Gasteiger partial charge on any atom is -0.352 e. The lowest BCUT2D eigenvalue weighted by Crippen LogP contribution is -2.47. The number of unbranched alkanes of at least 4 members (excludes halogenated alkanes) is 2. The van der Waals surface area contributed by atoms with Crippen molar-refractivity contribution in [2.24, 2.45) is 0 Å². The quantitative estimate of drug-likeness (QED) is 0.0538. The topological polar surface area (TPSA) is 171 Å². The third kappa shape index (κ3) is 16.9. The number of Topliss-reactive ketones (excluding diaryl/α,β-unsaturated/α-hetero) is 1. The van der Waals surface area contributed by atoms with Gasteiger partial charge in [0.05, 0.1) is 11.1 Å². The van der Waals surface area contributed by atoms with Crippen molar-refractivity contribution >= 4 is 66.1 Å². The summed E-state index contributed by atoms with van der Waals surface area (Å²) in [5.41, 5.74) is 0. The summed E-state index contributed by atoms with van der Waals surface area (Å²) in [6.45, 7) is 8.48. The number of amides is 6. The number of nitrogens with zero attached hydrogens (tertiary/aromatic N) is 1. The van der Waals surface area contributed by atoms with Gasteiger partial charge in [-0.1, -0.05) is 6.42 Å². The fourth-order valence-corrected chi connectivity index (χ4v) is 4.28. The fourth-order valence-electron chi connectivity index (χ4n) is 3.18. The van der Waals surface area contributed by atoms with Gasteiger partial charge in [0.15, 0.2) is 0 Å². The number of ketones is 1. The third-order valence-electron chi connectivity index (χ3n) is 5.36. The second kappa shape index (κ2) is 20.3. The summed E-state index contributed by atoms with van der Waals surface area (Å²) in [5.74, 6) is 0.231. The van der Waals surface area contributed by atoms with E-state index in [-0.39, 0.29) is 60.7 Å². The van der Waals surface area contributed by atoms with Crippen molar-refractivity contribution in [1.29, 1.82) is 0 Å². The number of rotatable bonds is 17. The van der Waals surface area contributed by atoms with Crippen LogP contribution in [0, 0.1) is 0 Å². The molecule has 0 aromatic carbocycles. The SMILES string of the molecule is CC(=O)CCCCCSCNC(=O)C(C)NC=O.CC(C)NC(=O)C(C)NC(=O)CCN1C(=O)CC(S)C1=O. The molecule has 1 fully saturated rings. The molecule has 1 aliphatic rings. The van der Waals surface area contributed by atoms with Gasteiger partial charge >= 0.3 is 0 Å². The van der Waals surface area contributed by atoms with E-state index in [0.717, 1.165) is 29.9 Å². The van der Waals surface area contributed by atoms with Crippen LogP contribution >= 0.6 is 24.4 Å². The van der Waals surface area contributed by atoms with Crippen molar-refractivity contribution in [2.75, 3.05) is 18.2 Å². The average Bonchev–Trinajstić information content (AvgIpc) is 3.09. The molecule has 14 heteroatoms. The molecule has 0 spiro atoms. The molecule has 0 saturated carbocycles. The summed E-state index contributed by atoms with van der Waals surface area (Å²) in [6, 6.07) is -1.16. The Morgan fingerprint density at radius 3 is 2.21 bits per heavy atom. The maximum absolute atomic E-state index is 11.7. The highest BCUT2D eigenvalue weighted by Crippen LogP contribution is 2.17. The Kier molecular flexibility index (Phi) is 19.0. The molecule has 1 rings (SSSR count). The van der Waals surface area contributed by atoms with Gasteiger partial charge in [-0.15, -0.1) is 11.8 Å². The predicted octanol–water partition coefficient (Wildman–Crippen LogP) is 0.540. The Bertz CT molecular complexity index is 857. The largest absolute Gasteiger partial charge is 0.352 e. The first-order chi connectivity index (χ1) is 18.3. The van der Waals surface area contributed by atoms with Gasteiger partial charge in [-0.3, -0.25) is 33.7 Å². The Morgan fingerprint density at radius 2 is 1.67 bits per heavy atom. The van der Waals surface area contributed by atoms with Crippen LogP contribution in [0.3, 0.4) is 0 Å². The van der Waals surface area contributed by atoms with Gasteiger partial charge in [-0.05, 0) is 53.2 Å². The van der Waals surface area contributed by atoms with E-state index in [0.29, 0.717) is 18.7 Å². The van der Waals surface area contributed by atoms with Gasteiger partial charge < -0.3 is 26.1 Å². The van der Waals surface area contributed by atoms with Crippen LogP contribution in [0.5, 0.6) is 0 Å². The molecule has 39 heavy (non-hydrogen) atoms. The maximum atomic E-state index is 11.7. The number of thioether (sulfide) groups is 1. The lowest BCUT2D eigenvalue weighted by molar-refractivity contribution is -0.139. The van der Waals surface area contributed by atoms with E-state index in [9.17, 15) is 33.6 Å². The highest BCUT2D eigenvalue weighted by Gasteiger charge is 2.36. The number of carbonyl (C=O) groups excluding carboxylic acids is 7. The molecule has 1 heterocycles. The summed E-state index contributed by atoms with van der Waals surface area (Å²) >= 11 is 5.64. The van der Waals surface area contributed by atoms with Gasteiger partial charge in [0.25, 0.3) is 0 Å². The van der Waals surface area contributed by atoms with E-state index >= 15 is 0 Å². The van der Waals surface area contributed by atoms with Crippen LogP contribution in [0.25, 0.3) is 0 Å². The van der Waals surface area contributed by atoms with E-state index in [2.05, 4.69) is 33.9 Å². The lowest BCUT2D eigenvalue weighted by atomic mass is 10.2. The monoisotopic (exact) mass is 589 g/mol. The van der Waals surface area contributed by atoms with E-state index in [1.54, 1.807) is 32.5 Å². The summed E-state index contributed by atoms with van der Waals surface area (Å²) in [5, 5.41) is 9.71. The van der Waals surface area contributed by atoms with Gasteiger partial charge in [0.1, 0.15) is 17.9 Å². The number of nitrogens with one attached hydrogen (secondary N) is 4. The standard InChI is InChI=1S/C13H21N3O4S.C12H22N2O3S/c1-7(2)14-12(19)8(3)15-10(17)4-5-16-11(18)6-9(21)13(16)20;1-10(16)6-4-3-5-7-18-9-14-12(17)11(2)13-8-15/h7-9,21H,4-6H2,1-3H3,(H,14,19)(H,15,17);8,11H,3-7,9H2,1-2H3,(H,13,15)(H,14,17). The molecule has 3 atom stereocenters. The van der Waals surface area contributed by atoms with Gasteiger partial charge in [-0.25, -0.2) is 0 Å². The lowest BCUT2D eigenvalue weighted by Gasteiger charge is -2.17. The molecular weight excluding hydrogens is 546 g/mol. The Morgan fingerprint density at radius 1 is 1.00 bits per heavy atom. The molecule has 12 nitrogen and oxygen atoms in total. The zero-order valence-electron chi connectivity index (χ0n) is 23.4. The Hall–Kier alpha value is -2.61. The highest BCUT2D eigenvalue weighted by atomic mass is 32.2. The number of thiol groups is 1. The van der Waals surface area contributed by atoms with Gasteiger partial charge in [0, 0.05) is 31.8 Å². The van der Waals surface area contributed by atoms with Crippen molar-refractivity contribution in [1.82, 2.24) is 26.2 Å². The molecule has 6 amide bonds. The van der Waals surface area contributed by atoms with Crippen LogP contribution in [0.1, 0.15) is 73.1 Å².